The van der Waals surface area contributed by atoms with Crippen LogP contribution in [0.1, 0.15) is 41.9 Å². The fraction of sp³-hybridized carbons (Fsp3) is 0.300. The van der Waals surface area contributed by atoms with Crippen molar-refractivity contribution >= 4 is 17.2 Å². The summed E-state index contributed by atoms with van der Waals surface area (Å²) in [4.78, 5) is 13.9. The van der Waals surface area contributed by atoms with Crippen molar-refractivity contribution in [2.45, 2.75) is 40.2 Å². The molecule has 0 aliphatic heterocycles. The molecule has 0 aliphatic rings. The Kier molecular flexibility index (Phi) is 5.04. The van der Waals surface area contributed by atoms with Crippen LogP contribution in [-0.2, 0) is 0 Å². The SMILES string of the molecule is CCC(C)NC(=O)c1cc(-c2cccs2)nn1-c1cc(C)ccc1C. The Balaban J connectivity index is 2.12. The highest BCUT2D eigenvalue weighted by Crippen LogP contribution is 2.27. The van der Waals surface area contributed by atoms with Crippen molar-refractivity contribution < 1.29 is 4.79 Å². The number of hydrogen-bond donors (Lipinski definition) is 1. The van der Waals surface area contributed by atoms with Crippen LogP contribution in [0.5, 0.6) is 0 Å². The van der Waals surface area contributed by atoms with Crippen LogP contribution in [0.4, 0.5) is 0 Å². The number of carbonyl (C=O) groups is 1. The number of amides is 1. The molecule has 4 nitrogen and oxygen atoms in total. The van der Waals surface area contributed by atoms with Crippen LogP contribution >= 0.6 is 11.3 Å². The highest BCUT2D eigenvalue weighted by atomic mass is 32.1. The molecule has 0 saturated carbocycles. The van der Waals surface area contributed by atoms with E-state index in [1.165, 1.54) is 0 Å². The summed E-state index contributed by atoms with van der Waals surface area (Å²) in [6, 6.07) is 12.2. The maximum atomic E-state index is 12.8. The molecule has 0 aliphatic carbocycles. The molecule has 1 unspecified atom stereocenters. The van der Waals surface area contributed by atoms with Gasteiger partial charge in [-0.15, -0.1) is 11.3 Å². The van der Waals surface area contributed by atoms with Gasteiger partial charge in [0.25, 0.3) is 5.91 Å². The quantitative estimate of drug-likeness (QED) is 0.720. The number of carbonyl (C=O) groups excluding carboxylic acids is 1. The zero-order chi connectivity index (χ0) is 18.0. The minimum absolute atomic E-state index is 0.0921. The number of nitrogens with zero attached hydrogens (tertiary/aromatic N) is 2. The standard InChI is InChI=1S/C20H23N3OS/c1-5-15(4)21-20(24)18-12-16(19-7-6-10-25-19)22-23(18)17-11-13(2)8-9-14(17)3/h6-12,15H,5H2,1-4H3,(H,21,24). The minimum atomic E-state index is -0.0921. The molecule has 0 spiro atoms. The molecule has 0 saturated heterocycles. The number of aromatic nitrogens is 2. The topological polar surface area (TPSA) is 46.9 Å². The lowest BCUT2D eigenvalue weighted by atomic mass is 10.1. The van der Waals surface area contributed by atoms with E-state index in [0.29, 0.717) is 5.69 Å². The highest BCUT2D eigenvalue weighted by molar-refractivity contribution is 7.13. The normalized spacial score (nSPS) is 12.2. The van der Waals surface area contributed by atoms with Crippen molar-refractivity contribution in [2.24, 2.45) is 0 Å². The van der Waals surface area contributed by atoms with E-state index in [0.717, 1.165) is 33.8 Å². The second-order valence-corrected chi connectivity index (χ2v) is 7.32. The Bertz CT molecular complexity index is 880. The first-order chi connectivity index (χ1) is 12.0. The minimum Gasteiger partial charge on any atom is -0.348 e. The average molecular weight is 353 g/mol. The Hall–Kier alpha value is -2.40. The molecule has 3 aromatic rings. The molecule has 5 heteroatoms. The fourth-order valence-electron chi connectivity index (χ4n) is 2.62. The summed E-state index contributed by atoms with van der Waals surface area (Å²) in [5.41, 5.74) is 4.56. The largest absolute Gasteiger partial charge is 0.348 e. The predicted molar refractivity (Wildman–Crippen MR) is 104 cm³/mol. The second kappa shape index (κ2) is 7.23. The molecule has 1 amide bonds. The average Bonchev–Trinajstić information content (AvgIpc) is 3.25. The zero-order valence-corrected chi connectivity index (χ0v) is 15.9. The number of hydrogen-bond acceptors (Lipinski definition) is 3. The number of rotatable bonds is 5. The van der Waals surface area contributed by atoms with Crippen LogP contribution in [0, 0.1) is 13.8 Å². The molecule has 2 aromatic heterocycles. The van der Waals surface area contributed by atoms with E-state index in [4.69, 9.17) is 5.10 Å². The van der Waals surface area contributed by atoms with Crippen molar-refractivity contribution in [3.63, 3.8) is 0 Å². The maximum Gasteiger partial charge on any atom is 0.270 e. The highest BCUT2D eigenvalue weighted by Gasteiger charge is 2.20. The van der Waals surface area contributed by atoms with E-state index >= 15 is 0 Å². The first-order valence-corrected chi connectivity index (χ1v) is 9.40. The molecule has 25 heavy (non-hydrogen) atoms. The number of aryl methyl sites for hydroxylation is 2. The Morgan fingerprint density at radius 1 is 1.28 bits per heavy atom. The van der Waals surface area contributed by atoms with Gasteiger partial charge in [-0.2, -0.15) is 5.10 Å². The summed E-state index contributed by atoms with van der Waals surface area (Å²) in [5, 5.41) is 9.82. The van der Waals surface area contributed by atoms with E-state index < -0.39 is 0 Å². The van der Waals surface area contributed by atoms with Gasteiger partial charge in [0.1, 0.15) is 11.4 Å². The summed E-state index contributed by atoms with van der Waals surface area (Å²) < 4.78 is 1.77. The van der Waals surface area contributed by atoms with Gasteiger partial charge in [-0.05, 0) is 61.9 Å². The molecular weight excluding hydrogens is 330 g/mol. The molecule has 0 radical (unpaired) electrons. The molecule has 2 heterocycles. The van der Waals surface area contributed by atoms with Crippen molar-refractivity contribution in [3.8, 4) is 16.3 Å². The smallest absolute Gasteiger partial charge is 0.270 e. The van der Waals surface area contributed by atoms with E-state index in [-0.39, 0.29) is 11.9 Å². The summed E-state index contributed by atoms with van der Waals surface area (Å²) in [7, 11) is 0. The zero-order valence-electron chi connectivity index (χ0n) is 15.0. The van der Waals surface area contributed by atoms with Gasteiger partial charge in [0.05, 0.1) is 10.6 Å². The van der Waals surface area contributed by atoms with E-state index in [1.807, 2.05) is 44.4 Å². The van der Waals surface area contributed by atoms with Gasteiger partial charge in [0.2, 0.25) is 0 Å². The summed E-state index contributed by atoms with van der Waals surface area (Å²) >= 11 is 1.62. The van der Waals surface area contributed by atoms with Crippen molar-refractivity contribution in [3.05, 3.63) is 58.6 Å². The lowest BCUT2D eigenvalue weighted by molar-refractivity contribution is 0.0931. The van der Waals surface area contributed by atoms with Gasteiger partial charge in [-0.25, -0.2) is 4.68 Å². The summed E-state index contributed by atoms with van der Waals surface area (Å²) in [6.07, 6.45) is 0.890. The summed E-state index contributed by atoms with van der Waals surface area (Å²) in [5.74, 6) is -0.0921. The lowest BCUT2D eigenvalue weighted by Gasteiger charge is -2.14. The van der Waals surface area contributed by atoms with Crippen molar-refractivity contribution in [1.82, 2.24) is 15.1 Å². The molecule has 1 atom stereocenters. The number of benzene rings is 1. The maximum absolute atomic E-state index is 12.8. The molecule has 3 rings (SSSR count). The van der Waals surface area contributed by atoms with Crippen LogP contribution in [0.25, 0.3) is 16.3 Å². The third-order valence-corrected chi connectivity index (χ3v) is 5.19. The first-order valence-electron chi connectivity index (χ1n) is 8.52. The third kappa shape index (κ3) is 3.66. The molecule has 1 aromatic carbocycles. The van der Waals surface area contributed by atoms with Gasteiger partial charge < -0.3 is 5.32 Å². The van der Waals surface area contributed by atoms with Crippen LogP contribution in [-0.4, -0.2) is 21.7 Å². The van der Waals surface area contributed by atoms with Crippen molar-refractivity contribution in [2.75, 3.05) is 0 Å². The monoisotopic (exact) mass is 353 g/mol. The van der Waals surface area contributed by atoms with Gasteiger partial charge in [0, 0.05) is 6.04 Å². The Labute approximate surface area is 152 Å². The Morgan fingerprint density at radius 3 is 2.76 bits per heavy atom. The lowest BCUT2D eigenvalue weighted by Crippen LogP contribution is -2.33. The molecular formula is C20H23N3OS. The fourth-order valence-corrected chi connectivity index (χ4v) is 3.30. The molecule has 130 valence electrons. The third-order valence-electron chi connectivity index (χ3n) is 4.30. The van der Waals surface area contributed by atoms with E-state index in [2.05, 4.69) is 30.4 Å². The van der Waals surface area contributed by atoms with Gasteiger partial charge in [-0.3, -0.25) is 4.79 Å². The Morgan fingerprint density at radius 2 is 2.08 bits per heavy atom. The van der Waals surface area contributed by atoms with Crippen LogP contribution in [0.15, 0.2) is 41.8 Å². The van der Waals surface area contributed by atoms with Gasteiger partial charge in [-0.1, -0.05) is 25.1 Å². The van der Waals surface area contributed by atoms with Crippen LogP contribution in [0.2, 0.25) is 0 Å². The second-order valence-electron chi connectivity index (χ2n) is 6.38. The van der Waals surface area contributed by atoms with Crippen molar-refractivity contribution in [1.29, 1.82) is 0 Å². The van der Waals surface area contributed by atoms with E-state index in [1.54, 1.807) is 16.0 Å². The molecule has 1 N–H and O–H groups in total. The first kappa shape index (κ1) is 17.4. The van der Waals surface area contributed by atoms with Crippen LogP contribution < -0.4 is 5.32 Å². The van der Waals surface area contributed by atoms with Crippen LogP contribution in [0.3, 0.4) is 0 Å². The number of thiophene rings is 1. The molecule has 0 bridgehead atoms. The molecule has 0 fully saturated rings. The van der Waals surface area contributed by atoms with E-state index in [9.17, 15) is 4.79 Å². The summed E-state index contributed by atoms with van der Waals surface area (Å²) in [6.45, 7) is 8.16. The van der Waals surface area contributed by atoms with Gasteiger partial charge >= 0.3 is 0 Å². The number of nitrogens with one attached hydrogen (secondary N) is 1. The van der Waals surface area contributed by atoms with Gasteiger partial charge in [0.15, 0.2) is 0 Å². The predicted octanol–water partition coefficient (Wildman–Crippen LogP) is 4.75.